The van der Waals surface area contributed by atoms with Gasteiger partial charge in [-0.25, -0.2) is 4.39 Å². The molecule has 0 aromatic heterocycles. The third-order valence-electron chi connectivity index (χ3n) is 3.71. The van der Waals surface area contributed by atoms with Crippen molar-refractivity contribution in [2.45, 2.75) is 51.4 Å². The molecule has 1 aromatic carbocycles. The van der Waals surface area contributed by atoms with Crippen LogP contribution >= 0.6 is 0 Å². The fourth-order valence-corrected chi connectivity index (χ4v) is 2.75. The molecule has 0 radical (unpaired) electrons. The summed E-state index contributed by atoms with van der Waals surface area (Å²) in [6.07, 6.45) is 0.622. The number of β-amino-alcohol motifs (C(OH)–C–C–N with tert-alkyl or cyclic N) is 1. The Kier molecular flexibility index (Phi) is 5.19. The maximum absolute atomic E-state index is 13.7. The van der Waals surface area contributed by atoms with Gasteiger partial charge in [-0.1, -0.05) is 18.2 Å². The van der Waals surface area contributed by atoms with Gasteiger partial charge in [0.15, 0.2) is 0 Å². The highest BCUT2D eigenvalue weighted by atomic mass is 19.1. The molecular formula is C17H24FNO3. The molecule has 0 aliphatic carbocycles. The van der Waals surface area contributed by atoms with Crippen molar-refractivity contribution in [2.24, 2.45) is 0 Å². The number of hydrogen-bond donors (Lipinski definition) is 1. The summed E-state index contributed by atoms with van der Waals surface area (Å²) >= 11 is 0. The van der Waals surface area contributed by atoms with Crippen molar-refractivity contribution >= 4 is 5.97 Å². The average molecular weight is 309 g/mol. The van der Waals surface area contributed by atoms with E-state index in [-0.39, 0.29) is 24.1 Å². The summed E-state index contributed by atoms with van der Waals surface area (Å²) in [6.45, 7) is 6.43. The summed E-state index contributed by atoms with van der Waals surface area (Å²) in [5, 5.41) is 10.3. The zero-order chi connectivity index (χ0) is 16.3. The van der Waals surface area contributed by atoms with Crippen LogP contribution in [0.2, 0.25) is 0 Å². The Morgan fingerprint density at radius 1 is 1.45 bits per heavy atom. The molecule has 0 saturated carbocycles. The SMILES string of the molecule is CC(C)(C)OC(=O)[C@@H]1CCCN1CC(O)c1ccccc1F. The van der Waals surface area contributed by atoms with Gasteiger partial charge in [-0.15, -0.1) is 0 Å². The number of aliphatic hydroxyl groups excluding tert-OH is 1. The highest BCUT2D eigenvalue weighted by Gasteiger charge is 2.35. The minimum Gasteiger partial charge on any atom is -0.459 e. The smallest absolute Gasteiger partial charge is 0.323 e. The lowest BCUT2D eigenvalue weighted by Crippen LogP contribution is -2.42. The second-order valence-corrected chi connectivity index (χ2v) is 6.72. The van der Waals surface area contributed by atoms with Crippen LogP contribution in [0.15, 0.2) is 24.3 Å². The normalized spacial score (nSPS) is 20.9. The molecule has 1 aliphatic heterocycles. The molecule has 1 unspecified atom stereocenters. The number of benzene rings is 1. The van der Waals surface area contributed by atoms with Crippen LogP contribution in [0.5, 0.6) is 0 Å². The highest BCUT2D eigenvalue weighted by Crippen LogP contribution is 2.25. The molecule has 1 heterocycles. The van der Waals surface area contributed by atoms with E-state index in [0.29, 0.717) is 13.0 Å². The van der Waals surface area contributed by atoms with E-state index in [2.05, 4.69) is 0 Å². The molecule has 0 bridgehead atoms. The summed E-state index contributed by atoms with van der Waals surface area (Å²) < 4.78 is 19.1. The van der Waals surface area contributed by atoms with E-state index in [4.69, 9.17) is 4.74 Å². The van der Waals surface area contributed by atoms with Crippen LogP contribution < -0.4 is 0 Å². The summed E-state index contributed by atoms with van der Waals surface area (Å²) in [5.41, 5.74) is -0.271. The summed E-state index contributed by atoms with van der Waals surface area (Å²) in [5.74, 6) is -0.700. The number of carbonyl (C=O) groups excluding carboxylic acids is 1. The predicted octanol–water partition coefficient (Wildman–Crippen LogP) is 2.67. The topological polar surface area (TPSA) is 49.8 Å². The van der Waals surface area contributed by atoms with Crippen molar-refractivity contribution in [1.82, 2.24) is 4.90 Å². The molecule has 1 N–H and O–H groups in total. The maximum atomic E-state index is 13.7. The van der Waals surface area contributed by atoms with Crippen LogP contribution in [0.25, 0.3) is 0 Å². The van der Waals surface area contributed by atoms with Crippen LogP contribution in [-0.2, 0) is 9.53 Å². The van der Waals surface area contributed by atoms with Crippen LogP contribution in [0.3, 0.4) is 0 Å². The second-order valence-electron chi connectivity index (χ2n) is 6.72. The lowest BCUT2D eigenvalue weighted by Gasteiger charge is -2.28. The van der Waals surface area contributed by atoms with Gasteiger partial charge in [-0.3, -0.25) is 9.69 Å². The van der Waals surface area contributed by atoms with Gasteiger partial charge < -0.3 is 9.84 Å². The fourth-order valence-electron chi connectivity index (χ4n) is 2.75. The average Bonchev–Trinajstić information content (AvgIpc) is 2.85. The number of halogens is 1. The second kappa shape index (κ2) is 6.75. The largest absolute Gasteiger partial charge is 0.459 e. The summed E-state index contributed by atoms with van der Waals surface area (Å²) in [7, 11) is 0. The molecule has 22 heavy (non-hydrogen) atoms. The van der Waals surface area contributed by atoms with Crippen LogP contribution in [0.1, 0.15) is 45.3 Å². The third-order valence-corrected chi connectivity index (χ3v) is 3.71. The van der Waals surface area contributed by atoms with E-state index in [1.54, 1.807) is 18.2 Å². The standard InChI is InChI=1S/C17H24FNO3/c1-17(2,3)22-16(21)14-9-6-10-19(14)11-15(20)12-7-4-5-8-13(12)18/h4-5,7-8,14-15,20H,6,9-11H2,1-3H3/t14-,15?/m0/s1. The molecular weight excluding hydrogens is 285 g/mol. The minimum absolute atomic E-state index is 0.227. The van der Waals surface area contributed by atoms with Crippen molar-refractivity contribution in [3.05, 3.63) is 35.6 Å². The maximum Gasteiger partial charge on any atom is 0.323 e. The number of aliphatic hydroxyl groups is 1. The van der Waals surface area contributed by atoms with Gasteiger partial charge in [0.2, 0.25) is 0 Å². The van der Waals surface area contributed by atoms with Crippen molar-refractivity contribution in [3.8, 4) is 0 Å². The lowest BCUT2D eigenvalue weighted by molar-refractivity contribution is -0.160. The Hall–Kier alpha value is -1.46. The van der Waals surface area contributed by atoms with Crippen molar-refractivity contribution < 1.29 is 19.0 Å². The molecule has 1 aromatic rings. The molecule has 0 amide bonds. The van der Waals surface area contributed by atoms with Crippen molar-refractivity contribution in [1.29, 1.82) is 0 Å². The van der Waals surface area contributed by atoms with Gasteiger partial charge >= 0.3 is 5.97 Å². The lowest BCUT2D eigenvalue weighted by atomic mass is 10.1. The van der Waals surface area contributed by atoms with Crippen molar-refractivity contribution in [3.63, 3.8) is 0 Å². The van der Waals surface area contributed by atoms with E-state index in [0.717, 1.165) is 6.42 Å². The molecule has 1 aliphatic rings. The highest BCUT2D eigenvalue weighted by molar-refractivity contribution is 5.76. The molecule has 0 spiro atoms. The van der Waals surface area contributed by atoms with Gasteiger partial charge in [-0.05, 0) is 46.2 Å². The predicted molar refractivity (Wildman–Crippen MR) is 81.8 cm³/mol. The first-order valence-corrected chi connectivity index (χ1v) is 7.67. The molecule has 1 saturated heterocycles. The van der Waals surface area contributed by atoms with Gasteiger partial charge in [-0.2, -0.15) is 0 Å². The summed E-state index contributed by atoms with van der Waals surface area (Å²) in [4.78, 5) is 14.1. The minimum atomic E-state index is -0.954. The molecule has 5 heteroatoms. The van der Waals surface area contributed by atoms with E-state index < -0.39 is 17.5 Å². The number of hydrogen-bond acceptors (Lipinski definition) is 4. The zero-order valence-electron chi connectivity index (χ0n) is 13.4. The Balaban J connectivity index is 2.02. The van der Waals surface area contributed by atoms with Gasteiger partial charge in [0.1, 0.15) is 17.5 Å². The number of likely N-dealkylation sites (tertiary alicyclic amines) is 1. The molecule has 1 fully saturated rings. The third kappa shape index (κ3) is 4.27. The van der Waals surface area contributed by atoms with Gasteiger partial charge in [0.25, 0.3) is 0 Å². The Labute approximate surface area is 130 Å². The number of ether oxygens (including phenoxy) is 1. The molecule has 122 valence electrons. The monoisotopic (exact) mass is 309 g/mol. The van der Waals surface area contributed by atoms with Gasteiger partial charge in [0.05, 0.1) is 6.10 Å². The van der Waals surface area contributed by atoms with E-state index >= 15 is 0 Å². The molecule has 2 atom stereocenters. The first-order chi connectivity index (χ1) is 10.3. The van der Waals surface area contributed by atoms with Gasteiger partial charge in [0, 0.05) is 12.1 Å². The quantitative estimate of drug-likeness (QED) is 0.869. The van der Waals surface area contributed by atoms with E-state index in [1.807, 2.05) is 25.7 Å². The number of rotatable bonds is 4. The Morgan fingerprint density at radius 2 is 2.14 bits per heavy atom. The van der Waals surface area contributed by atoms with Crippen LogP contribution in [-0.4, -0.2) is 40.7 Å². The van der Waals surface area contributed by atoms with E-state index in [1.165, 1.54) is 6.07 Å². The fraction of sp³-hybridized carbons (Fsp3) is 0.588. The van der Waals surface area contributed by atoms with Crippen LogP contribution in [0, 0.1) is 5.82 Å². The Morgan fingerprint density at radius 3 is 2.77 bits per heavy atom. The number of carbonyl (C=O) groups is 1. The molecule has 2 rings (SSSR count). The van der Waals surface area contributed by atoms with Crippen molar-refractivity contribution in [2.75, 3.05) is 13.1 Å². The van der Waals surface area contributed by atoms with E-state index in [9.17, 15) is 14.3 Å². The van der Waals surface area contributed by atoms with Crippen LogP contribution in [0.4, 0.5) is 4.39 Å². The molecule has 4 nitrogen and oxygen atoms in total. The first-order valence-electron chi connectivity index (χ1n) is 7.67. The number of esters is 1. The summed E-state index contributed by atoms with van der Waals surface area (Å²) in [6, 6.07) is 5.81. The first kappa shape index (κ1) is 16.9. The zero-order valence-corrected chi connectivity index (χ0v) is 13.4. The Bertz CT molecular complexity index is 527. The number of nitrogens with zero attached hydrogens (tertiary/aromatic N) is 1.